The van der Waals surface area contributed by atoms with Crippen LogP contribution in [-0.4, -0.2) is 72.1 Å². The molecule has 0 aromatic heterocycles. The van der Waals surface area contributed by atoms with Gasteiger partial charge in [0.2, 0.25) is 0 Å². The molecular formula is C33H57N3O6Sn. The summed E-state index contributed by atoms with van der Waals surface area (Å²) >= 11 is -2.13. The maximum atomic E-state index is 13.1. The Morgan fingerprint density at radius 3 is 1.84 bits per heavy atom. The summed E-state index contributed by atoms with van der Waals surface area (Å²) in [6.45, 7) is 17.0. The molecule has 0 heterocycles. The molecule has 9 nitrogen and oxygen atoms in total. The molecule has 244 valence electrons. The molecule has 0 aliphatic rings. The molecule has 2 atom stereocenters. The minimum Gasteiger partial charge on any atom is -0.458 e. The molecule has 3 amide bonds. The summed E-state index contributed by atoms with van der Waals surface area (Å²) < 4.78 is 12.4. The van der Waals surface area contributed by atoms with Crippen molar-refractivity contribution in [2.75, 3.05) is 6.54 Å². The fourth-order valence-corrected chi connectivity index (χ4v) is 7.59. The number of ether oxygens (including phenoxy) is 2. The number of benzene rings is 1. The van der Waals surface area contributed by atoms with Gasteiger partial charge in [-0.1, -0.05) is 20.8 Å². The topological polar surface area (TPSA) is 123 Å². The molecule has 0 spiro atoms. The van der Waals surface area contributed by atoms with Crippen molar-refractivity contribution in [3.63, 3.8) is 0 Å². The number of rotatable bonds is 13. The van der Waals surface area contributed by atoms with Gasteiger partial charge in [0.25, 0.3) is 0 Å². The molecule has 43 heavy (non-hydrogen) atoms. The van der Waals surface area contributed by atoms with E-state index in [1.807, 2.05) is 53.7 Å². The van der Waals surface area contributed by atoms with Crippen LogP contribution in [0, 0.1) is 5.41 Å². The SMILES string of the molecule is CC(C)(C)OC(=O)CCC(NC(=O)NC(CCCNC(=O)Cc1cc[c]([Sn]([CH3])([CH3])[CH3])cc1)C(=O)OC(C)(C)C)C(C)(C)C. The van der Waals surface area contributed by atoms with Crippen molar-refractivity contribution < 1.29 is 28.7 Å². The zero-order chi connectivity index (χ0) is 33.2. The minimum atomic E-state index is -2.13. The van der Waals surface area contributed by atoms with Gasteiger partial charge in [-0.2, -0.15) is 0 Å². The van der Waals surface area contributed by atoms with Crippen LogP contribution in [0.5, 0.6) is 0 Å². The van der Waals surface area contributed by atoms with Crippen LogP contribution in [0.15, 0.2) is 24.3 Å². The van der Waals surface area contributed by atoms with E-state index in [-0.39, 0.29) is 42.6 Å². The van der Waals surface area contributed by atoms with Crippen molar-refractivity contribution in [3.05, 3.63) is 29.8 Å². The van der Waals surface area contributed by atoms with Gasteiger partial charge < -0.3 is 14.8 Å². The molecule has 10 heteroatoms. The Bertz CT molecular complexity index is 1080. The summed E-state index contributed by atoms with van der Waals surface area (Å²) in [4.78, 5) is 57.9. The zero-order valence-corrected chi connectivity index (χ0v) is 31.5. The van der Waals surface area contributed by atoms with E-state index in [1.165, 1.54) is 3.58 Å². The average molecular weight is 711 g/mol. The normalized spacial score (nSPS) is 13.9. The Labute approximate surface area is 263 Å². The molecular weight excluding hydrogens is 653 g/mol. The maximum absolute atomic E-state index is 13.1. The van der Waals surface area contributed by atoms with E-state index in [4.69, 9.17) is 9.47 Å². The van der Waals surface area contributed by atoms with Crippen LogP contribution in [-0.2, 0) is 30.3 Å². The summed E-state index contributed by atoms with van der Waals surface area (Å²) in [5.74, 6) is -0.967. The van der Waals surface area contributed by atoms with Gasteiger partial charge in [0.1, 0.15) is 11.2 Å². The van der Waals surface area contributed by atoms with Gasteiger partial charge in [0, 0.05) is 12.5 Å². The van der Waals surface area contributed by atoms with Crippen LogP contribution >= 0.6 is 0 Å². The molecule has 1 rings (SSSR count). The van der Waals surface area contributed by atoms with Crippen LogP contribution < -0.4 is 19.5 Å². The van der Waals surface area contributed by atoms with E-state index in [0.717, 1.165) is 5.56 Å². The summed E-state index contributed by atoms with van der Waals surface area (Å²) in [6, 6.07) is 6.56. The molecule has 3 N–H and O–H groups in total. The first-order chi connectivity index (χ1) is 19.5. The Kier molecular flexibility index (Phi) is 14.5. The molecule has 1 aromatic rings. The van der Waals surface area contributed by atoms with Crippen LogP contribution in [0.3, 0.4) is 0 Å². The Morgan fingerprint density at radius 1 is 0.791 bits per heavy atom. The van der Waals surface area contributed by atoms with Crippen molar-refractivity contribution in [2.24, 2.45) is 5.41 Å². The summed E-state index contributed by atoms with van der Waals surface area (Å²) in [6.07, 6.45) is 1.57. The van der Waals surface area contributed by atoms with E-state index in [1.54, 1.807) is 20.8 Å². The number of urea groups is 1. The fraction of sp³-hybridized carbons (Fsp3) is 0.697. The van der Waals surface area contributed by atoms with Crippen LogP contribution in [0.25, 0.3) is 0 Å². The second-order valence-corrected chi connectivity index (χ2v) is 29.9. The predicted molar refractivity (Wildman–Crippen MR) is 175 cm³/mol. The molecule has 0 aliphatic carbocycles. The zero-order valence-electron chi connectivity index (χ0n) is 28.7. The van der Waals surface area contributed by atoms with Gasteiger partial charge in [-0.05, 0) is 53.4 Å². The molecule has 2 unspecified atom stereocenters. The molecule has 0 radical (unpaired) electrons. The number of carbonyl (C=O) groups is 4. The molecule has 0 bridgehead atoms. The standard InChI is InChI=1S/C30H48N3O6.3CH3.Sn/c1-28(2,3)23(17-18-25(35)38-29(4,5)6)33-27(37)32-22(26(36)39-30(7,8)9)16-13-19-31-24(34)20-21-14-11-10-12-15-21;;;;/h11-12,14-15,22-23H,13,16-20H2,1-9H3,(H,31,34)(H2,32,33,37);3*1H3;. The number of amides is 3. The van der Waals surface area contributed by atoms with Gasteiger partial charge in [-0.15, -0.1) is 0 Å². The average Bonchev–Trinajstić information content (AvgIpc) is 2.80. The minimum absolute atomic E-state index is 0.0930. The van der Waals surface area contributed by atoms with Crippen molar-refractivity contribution in [2.45, 2.75) is 133 Å². The van der Waals surface area contributed by atoms with Gasteiger partial charge in [-0.3, -0.25) is 4.79 Å². The van der Waals surface area contributed by atoms with Crippen LogP contribution in [0.1, 0.15) is 93.6 Å². The summed E-state index contributed by atoms with van der Waals surface area (Å²) in [7, 11) is 0. The molecule has 0 fully saturated rings. The first kappa shape index (κ1) is 38.7. The molecule has 0 aliphatic heterocycles. The predicted octanol–water partition coefficient (Wildman–Crippen LogP) is 5.22. The second-order valence-electron chi connectivity index (χ2n) is 15.4. The Hall–Kier alpha value is -2.30. The van der Waals surface area contributed by atoms with E-state index >= 15 is 0 Å². The van der Waals surface area contributed by atoms with Gasteiger partial charge >= 0.3 is 138 Å². The number of hydrogen-bond acceptors (Lipinski definition) is 6. The third kappa shape index (κ3) is 16.9. The third-order valence-electron chi connectivity index (χ3n) is 6.58. The van der Waals surface area contributed by atoms with E-state index in [9.17, 15) is 19.2 Å². The van der Waals surface area contributed by atoms with Crippen molar-refractivity contribution >= 4 is 45.8 Å². The van der Waals surface area contributed by atoms with E-state index < -0.39 is 47.6 Å². The van der Waals surface area contributed by atoms with Crippen molar-refractivity contribution in [3.8, 4) is 0 Å². The molecule has 0 saturated carbocycles. The quantitative estimate of drug-likeness (QED) is 0.147. The Balaban J connectivity index is 2.76. The van der Waals surface area contributed by atoms with Gasteiger partial charge in [-0.25, -0.2) is 9.59 Å². The van der Waals surface area contributed by atoms with Crippen LogP contribution in [0.2, 0.25) is 14.8 Å². The van der Waals surface area contributed by atoms with Crippen molar-refractivity contribution in [1.29, 1.82) is 0 Å². The molecule has 0 saturated heterocycles. The third-order valence-corrected chi connectivity index (χ3v) is 12.5. The fourth-order valence-electron chi connectivity index (χ4n) is 4.26. The van der Waals surface area contributed by atoms with E-state index in [0.29, 0.717) is 19.4 Å². The monoisotopic (exact) mass is 711 g/mol. The number of esters is 2. The first-order valence-electron chi connectivity index (χ1n) is 15.3. The second kappa shape index (κ2) is 16.1. The van der Waals surface area contributed by atoms with Gasteiger partial charge in [0.15, 0.2) is 0 Å². The Morgan fingerprint density at radius 2 is 1.35 bits per heavy atom. The van der Waals surface area contributed by atoms with Crippen LogP contribution in [0.4, 0.5) is 4.79 Å². The molecule has 1 aromatic carbocycles. The van der Waals surface area contributed by atoms with E-state index in [2.05, 4.69) is 42.9 Å². The number of carbonyl (C=O) groups excluding carboxylic acids is 4. The summed E-state index contributed by atoms with van der Waals surface area (Å²) in [5, 5.41) is 8.62. The number of nitrogens with one attached hydrogen (secondary N) is 3. The smallest absolute Gasteiger partial charge is 0.458 e. The van der Waals surface area contributed by atoms with Gasteiger partial charge in [0.05, 0.1) is 0 Å². The first-order valence-corrected chi connectivity index (χ1v) is 25.3. The number of hydrogen-bond donors (Lipinski definition) is 3. The summed E-state index contributed by atoms with van der Waals surface area (Å²) in [5.41, 5.74) is -0.697. The van der Waals surface area contributed by atoms with Crippen molar-refractivity contribution in [1.82, 2.24) is 16.0 Å².